The van der Waals surface area contributed by atoms with E-state index in [0.717, 1.165) is 34.0 Å². The standard InChI is InChI=1S/C20H26F3NO3S/c1-2-27-18(25)4-3-13-28-17-7-5-15(6-8-17)14-16-9-11-24(12-10-16)19(26)20(21,22)23/h5-8,16H,2-4,9-14H2,1H3. The number of carbonyl (C=O) groups is 2. The molecule has 0 bridgehead atoms. The van der Waals surface area contributed by atoms with Gasteiger partial charge in [0.15, 0.2) is 0 Å². The Morgan fingerprint density at radius 3 is 2.39 bits per heavy atom. The average Bonchev–Trinajstić information content (AvgIpc) is 2.66. The van der Waals surface area contributed by atoms with E-state index >= 15 is 0 Å². The van der Waals surface area contributed by atoms with Crippen molar-refractivity contribution in [3.8, 4) is 0 Å². The second kappa shape index (κ2) is 10.7. The first-order valence-electron chi connectivity index (χ1n) is 9.53. The van der Waals surface area contributed by atoms with E-state index < -0.39 is 12.1 Å². The second-order valence-electron chi connectivity index (χ2n) is 6.84. The van der Waals surface area contributed by atoms with E-state index in [1.165, 1.54) is 0 Å². The largest absolute Gasteiger partial charge is 0.471 e. The van der Waals surface area contributed by atoms with E-state index in [2.05, 4.69) is 0 Å². The molecule has 0 N–H and O–H groups in total. The van der Waals surface area contributed by atoms with Gasteiger partial charge in [-0.25, -0.2) is 0 Å². The summed E-state index contributed by atoms with van der Waals surface area (Å²) in [6.45, 7) is 2.53. The minimum atomic E-state index is -4.78. The van der Waals surface area contributed by atoms with Gasteiger partial charge in [0.25, 0.3) is 0 Å². The minimum absolute atomic E-state index is 0.164. The van der Waals surface area contributed by atoms with Crippen LogP contribution < -0.4 is 0 Å². The normalized spacial score (nSPS) is 15.5. The van der Waals surface area contributed by atoms with Crippen LogP contribution in [0.5, 0.6) is 0 Å². The lowest BCUT2D eigenvalue weighted by atomic mass is 9.90. The topological polar surface area (TPSA) is 46.6 Å². The first-order chi connectivity index (χ1) is 13.3. The molecule has 0 aromatic heterocycles. The first kappa shape index (κ1) is 22.6. The fourth-order valence-corrected chi connectivity index (χ4v) is 4.07. The fraction of sp³-hybridized carbons (Fsp3) is 0.600. The van der Waals surface area contributed by atoms with E-state index in [0.29, 0.717) is 31.8 Å². The molecule has 0 spiro atoms. The molecule has 0 atom stereocenters. The highest BCUT2D eigenvalue weighted by atomic mass is 32.2. The van der Waals surface area contributed by atoms with E-state index in [4.69, 9.17) is 4.74 Å². The lowest BCUT2D eigenvalue weighted by molar-refractivity contribution is -0.186. The molecule has 1 aliphatic rings. The monoisotopic (exact) mass is 417 g/mol. The molecule has 2 rings (SSSR count). The number of piperidine rings is 1. The van der Waals surface area contributed by atoms with Crippen molar-refractivity contribution < 1.29 is 27.5 Å². The molecule has 0 saturated carbocycles. The summed E-state index contributed by atoms with van der Waals surface area (Å²) in [5, 5.41) is 0. The number of rotatable bonds is 8. The predicted molar refractivity (Wildman–Crippen MR) is 102 cm³/mol. The summed E-state index contributed by atoms with van der Waals surface area (Å²) in [5.74, 6) is -0.763. The van der Waals surface area contributed by atoms with Gasteiger partial charge in [-0.15, -0.1) is 11.8 Å². The zero-order valence-electron chi connectivity index (χ0n) is 16.0. The third-order valence-electron chi connectivity index (χ3n) is 4.69. The molecule has 0 aliphatic carbocycles. The average molecular weight is 417 g/mol. The number of ether oxygens (including phenoxy) is 1. The highest BCUT2D eigenvalue weighted by Gasteiger charge is 2.43. The van der Waals surface area contributed by atoms with Gasteiger partial charge in [0, 0.05) is 24.4 Å². The third-order valence-corrected chi connectivity index (χ3v) is 5.79. The van der Waals surface area contributed by atoms with Crippen LogP contribution in [0.1, 0.15) is 38.2 Å². The van der Waals surface area contributed by atoms with Crippen LogP contribution in [0.2, 0.25) is 0 Å². The van der Waals surface area contributed by atoms with Crippen molar-refractivity contribution in [1.29, 1.82) is 0 Å². The second-order valence-corrected chi connectivity index (χ2v) is 8.01. The number of amides is 1. The Morgan fingerprint density at radius 2 is 1.82 bits per heavy atom. The van der Waals surface area contributed by atoms with Gasteiger partial charge in [-0.3, -0.25) is 9.59 Å². The van der Waals surface area contributed by atoms with Crippen LogP contribution in [0, 0.1) is 5.92 Å². The number of thioether (sulfide) groups is 1. The summed E-state index contributed by atoms with van der Waals surface area (Å²) < 4.78 is 42.3. The summed E-state index contributed by atoms with van der Waals surface area (Å²) in [4.78, 5) is 24.6. The Bertz CT molecular complexity index is 641. The molecule has 156 valence electrons. The Labute approximate surface area is 167 Å². The predicted octanol–water partition coefficient (Wildman–Crippen LogP) is 4.47. The number of esters is 1. The number of alkyl halides is 3. The Kier molecular flexibility index (Phi) is 8.66. The van der Waals surface area contributed by atoms with E-state index in [1.807, 2.05) is 24.3 Å². The molecule has 1 amide bonds. The van der Waals surface area contributed by atoms with Crippen molar-refractivity contribution in [3.63, 3.8) is 0 Å². The molecule has 1 aromatic rings. The fourth-order valence-electron chi connectivity index (χ4n) is 3.21. The number of benzene rings is 1. The maximum atomic E-state index is 12.5. The number of hydrogen-bond donors (Lipinski definition) is 0. The number of nitrogens with zero attached hydrogens (tertiary/aromatic N) is 1. The highest BCUT2D eigenvalue weighted by molar-refractivity contribution is 7.99. The SMILES string of the molecule is CCOC(=O)CCCSc1ccc(CC2CCN(C(=O)C(F)(F)F)CC2)cc1. The molecular weight excluding hydrogens is 391 g/mol. The number of carbonyl (C=O) groups excluding carboxylic acids is 2. The van der Waals surface area contributed by atoms with Gasteiger partial charge in [-0.05, 0) is 62.0 Å². The zero-order valence-corrected chi connectivity index (χ0v) is 16.8. The Balaban J connectivity index is 1.70. The van der Waals surface area contributed by atoms with Crippen LogP contribution in [0.3, 0.4) is 0 Å². The maximum absolute atomic E-state index is 12.5. The molecule has 8 heteroatoms. The summed E-state index contributed by atoms with van der Waals surface area (Å²) in [7, 11) is 0. The van der Waals surface area contributed by atoms with Gasteiger partial charge >= 0.3 is 18.1 Å². The number of halogens is 3. The van der Waals surface area contributed by atoms with Crippen molar-refractivity contribution in [1.82, 2.24) is 4.90 Å². The smallest absolute Gasteiger partial charge is 0.466 e. The first-order valence-corrected chi connectivity index (χ1v) is 10.5. The van der Waals surface area contributed by atoms with Crippen molar-refractivity contribution >= 4 is 23.6 Å². The molecule has 0 radical (unpaired) electrons. The lowest BCUT2D eigenvalue weighted by Crippen LogP contribution is -2.45. The van der Waals surface area contributed by atoms with Crippen molar-refractivity contribution in [2.75, 3.05) is 25.4 Å². The molecule has 28 heavy (non-hydrogen) atoms. The zero-order chi connectivity index (χ0) is 20.6. The summed E-state index contributed by atoms with van der Waals surface area (Å²) in [5.41, 5.74) is 1.15. The number of likely N-dealkylation sites (tertiary alicyclic amines) is 1. The van der Waals surface area contributed by atoms with Gasteiger partial charge in [0.1, 0.15) is 0 Å². The van der Waals surface area contributed by atoms with Crippen molar-refractivity contribution in [2.45, 2.75) is 50.1 Å². The summed E-state index contributed by atoms with van der Waals surface area (Å²) >= 11 is 1.68. The third kappa shape index (κ3) is 7.37. The summed E-state index contributed by atoms with van der Waals surface area (Å²) in [6, 6.07) is 8.15. The van der Waals surface area contributed by atoms with Crippen LogP contribution in [0.25, 0.3) is 0 Å². The van der Waals surface area contributed by atoms with Gasteiger partial charge < -0.3 is 9.64 Å². The van der Waals surface area contributed by atoms with Gasteiger partial charge in [-0.2, -0.15) is 13.2 Å². The van der Waals surface area contributed by atoms with Gasteiger partial charge in [0.05, 0.1) is 6.61 Å². The molecule has 1 heterocycles. The van der Waals surface area contributed by atoms with Crippen molar-refractivity contribution in [3.05, 3.63) is 29.8 Å². The highest BCUT2D eigenvalue weighted by Crippen LogP contribution is 2.27. The maximum Gasteiger partial charge on any atom is 0.471 e. The quantitative estimate of drug-likeness (QED) is 0.356. The van der Waals surface area contributed by atoms with Gasteiger partial charge in [0.2, 0.25) is 0 Å². The van der Waals surface area contributed by atoms with Crippen LogP contribution in [-0.2, 0) is 20.7 Å². The molecule has 1 saturated heterocycles. The Morgan fingerprint density at radius 1 is 1.18 bits per heavy atom. The number of hydrogen-bond acceptors (Lipinski definition) is 4. The van der Waals surface area contributed by atoms with Crippen molar-refractivity contribution in [2.24, 2.45) is 5.92 Å². The van der Waals surface area contributed by atoms with Gasteiger partial charge in [-0.1, -0.05) is 12.1 Å². The molecule has 1 aromatic carbocycles. The molecule has 1 aliphatic heterocycles. The van der Waals surface area contributed by atoms with Crippen LogP contribution in [0.15, 0.2) is 29.2 Å². The molecule has 0 unspecified atom stereocenters. The molecule has 4 nitrogen and oxygen atoms in total. The van der Waals surface area contributed by atoms with E-state index in [1.54, 1.807) is 18.7 Å². The summed E-state index contributed by atoms with van der Waals surface area (Å²) in [6.07, 6.45) is -1.61. The molecule has 1 fully saturated rings. The van der Waals surface area contributed by atoms with E-state index in [9.17, 15) is 22.8 Å². The lowest BCUT2D eigenvalue weighted by Gasteiger charge is -2.32. The Hall–Kier alpha value is -1.70. The van der Waals surface area contributed by atoms with E-state index in [-0.39, 0.29) is 19.1 Å². The molecular formula is C20H26F3NO3S. The van der Waals surface area contributed by atoms with Crippen LogP contribution >= 0.6 is 11.8 Å². The van der Waals surface area contributed by atoms with Crippen LogP contribution in [-0.4, -0.2) is 48.4 Å². The minimum Gasteiger partial charge on any atom is -0.466 e. The van der Waals surface area contributed by atoms with Crippen LogP contribution in [0.4, 0.5) is 13.2 Å².